The Morgan fingerprint density at radius 1 is 1.45 bits per heavy atom. The molecule has 2 atom stereocenters. The molecular weight excluding hydrogens is 256 g/mol. The van der Waals surface area contributed by atoms with Gasteiger partial charge in [-0.25, -0.2) is 0 Å². The van der Waals surface area contributed by atoms with Gasteiger partial charge in [0, 0.05) is 13.1 Å². The van der Waals surface area contributed by atoms with E-state index < -0.39 is 0 Å². The van der Waals surface area contributed by atoms with Gasteiger partial charge in [-0.05, 0) is 18.1 Å². The molecule has 2 rings (SSSR count). The highest BCUT2D eigenvalue weighted by Crippen LogP contribution is 2.15. The second-order valence-electron chi connectivity index (χ2n) is 5.18. The van der Waals surface area contributed by atoms with Crippen LogP contribution in [0.1, 0.15) is 18.1 Å². The van der Waals surface area contributed by atoms with Crippen LogP contribution in [-0.2, 0) is 22.5 Å². The van der Waals surface area contributed by atoms with Crippen molar-refractivity contribution in [3.05, 3.63) is 35.4 Å². The van der Waals surface area contributed by atoms with Crippen LogP contribution in [0.25, 0.3) is 0 Å². The number of carbonyl (C=O) groups excluding carboxylic acids is 1. The maximum absolute atomic E-state index is 12.5. The van der Waals surface area contributed by atoms with Gasteiger partial charge in [0.15, 0.2) is 0 Å². The number of nitrogens with zero attached hydrogens (tertiary/aromatic N) is 1. The van der Waals surface area contributed by atoms with E-state index in [0.29, 0.717) is 26.1 Å². The number of rotatable bonds is 4. The number of carbonyl (C=O) groups is 1. The van der Waals surface area contributed by atoms with Gasteiger partial charge in [-0.3, -0.25) is 4.79 Å². The minimum Gasteiger partial charge on any atom is -0.394 e. The van der Waals surface area contributed by atoms with Crippen LogP contribution in [0.15, 0.2) is 24.3 Å². The zero-order chi connectivity index (χ0) is 14.5. The topological polar surface area (TPSA) is 75.8 Å². The fraction of sp³-hybridized carbons (Fsp3) is 0.533. The minimum atomic E-state index is -0.278. The van der Waals surface area contributed by atoms with E-state index in [0.717, 1.165) is 11.1 Å². The Morgan fingerprint density at radius 2 is 2.15 bits per heavy atom. The Kier molecular flexibility index (Phi) is 5.11. The maximum atomic E-state index is 12.5. The van der Waals surface area contributed by atoms with Crippen LogP contribution >= 0.6 is 0 Å². The molecule has 0 spiro atoms. The molecule has 1 heterocycles. The SMILES string of the molecule is CC1COC(CO)CN1C(=O)Cc1ccccc1CN. The summed E-state index contributed by atoms with van der Waals surface area (Å²) in [4.78, 5) is 14.2. The highest BCUT2D eigenvalue weighted by atomic mass is 16.5. The third-order valence-electron chi connectivity index (χ3n) is 3.71. The van der Waals surface area contributed by atoms with Crippen LogP contribution in [0.2, 0.25) is 0 Å². The molecule has 1 fully saturated rings. The number of nitrogens with two attached hydrogens (primary N) is 1. The van der Waals surface area contributed by atoms with E-state index in [2.05, 4.69) is 0 Å². The standard InChI is InChI=1S/C15H22N2O3/c1-11-10-20-14(9-18)8-17(11)15(19)6-12-4-2-3-5-13(12)7-16/h2-5,11,14,18H,6-10,16H2,1H3. The van der Waals surface area contributed by atoms with Crippen molar-refractivity contribution in [1.29, 1.82) is 0 Å². The summed E-state index contributed by atoms with van der Waals surface area (Å²) < 4.78 is 5.45. The summed E-state index contributed by atoms with van der Waals surface area (Å²) in [6, 6.07) is 7.77. The molecule has 1 aromatic carbocycles. The van der Waals surface area contributed by atoms with E-state index >= 15 is 0 Å². The van der Waals surface area contributed by atoms with Crippen molar-refractivity contribution in [3.63, 3.8) is 0 Å². The average molecular weight is 278 g/mol. The Morgan fingerprint density at radius 3 is 2.80 bits per heavy atom. The van der Waals surface area contributed by atoms with Crippen molar-refractivity contribution in [2.45, 2.75) is 32.0 Å². The molecule has 5 nitrogen and oxygen atoms in total. The summed E-state index contributed by atoms with van der Waals surface area (Å²) in [7, 11) is 0. The van der Waals surface area contributed by atoms with Gasteiger partial charge >= 0.3 is 0 Å². The fourth-order valence-electron chi connectivity index (χ4n) is 2.47. The average Bonchev–Trinajstić information content (AvgIpc) is 2.48. The molecule has 0 aliphatic carbocycles. The second-order valence-corrected chi connectivity index (χ2v) is 5.18. The van der Waals surface area contributed by atoms with Gasteiger partial charge in [-0.1, -0.05) is 24.3 Å². The predicted octanol–water partition coefficient (Wildman–Crippen LogP) is 0.296. The molecule has 3 N–H and O–H groups in total. The fourth-order valence-corrected chi connectivity index (χ4v) is 2.47. The van der Waals surface area contributed by atoms with Crippen molar-refractivity contribution in [3.8, 4) is 0 Å². The Labute approximate surface area is 119 Å². The largest absolute Gasteiger partial charge is 0.394 e. The van der Waals surface area contributed by atoms with Crippen molar-refractivity contribution < 1.29 is 14.6 Å². The van der Waals surface area contributed by atoms with E-state index in [1.54, 1.807) is 4.90 Å². The zero-order valence-electron chi connectivity index (χ0n) is 11.8. The molecule has 0 aromatic heterocycles. The Hall–Kier alpha value is -1.43. The van der Waals surface area contributed by atoms with Crippen LogP contribution in [0.4, 0.5) is 0 Å². The summed E-state index contributed by atoms with van der Waals surface area (Å²) in [6.45, 7) is 3.24. The van der Waals surface area contributed by atoms with Gasteiger partial charge in [0.05, 0.1) is 31.8 Å². The Balaban J connectivity index is 2.06. The molecule has 5 heteroatoms. The molecule has 1 amide bonds. The van der Waals surface area contributed by atoms with E-state index in [4.69, 9.17) is 15.6 Å². The van der Waals surface area contributed by atoms with Crippen LogP contribution in [-0.4, -0.2) is 47.8 Å². The lowest BCUT2D eigenvalue weighted by molar-refractivity contribution is -0.145. The van der Waals surface area contributed by atoms with Crippen LogP contribution in [0.5, 0.6) is 0 Å². The van der Waals surface area contributed by atoms with Crippen molar-refractivity contribution in [1.82, 2.24) is 4.90 Å². The summed E-state index contributed by atoms with van der Waals surface area (Å²) in [5, 5.41) is 9.17. The number of hydrogen-bond acceptors (Lipinski definition) is 4. The summed E-state index contributed by atoms with van der Waals surface area (Å²) in [5.41, 5.74) is 7.67. The van der Waals surface area contributed by atoms with Crippen molar-refractivity contribution >= 4 is 5.91 Å². The first kappa shape index (κ1) is 15.0. The molecule has 110 valence electrons. The lowest BCUT2D eigenvalue weighted by Crippen LogP contribution is -2.52. The van der Waals surface area contributed by atoms with Gasteiger partial charge in [-0.15, -0.1) is 0 Å². The van der Waals surface area contributed by atoms with E-state index in [1.807, 2.05) is 31.2 Å². The molecule has 0 bridgehead atoms. The van der Waals surface area contributed by atoms with Crippen molar-refractivity contribution in [2.24, 2.45) is 5.73 Å². The quantitative estimate of drug-likeness (QED) is 0.830. The molecule has 1 aromatic rings. The molecule has 1 aliphatic rings. The lowest BCUT2D eigenvalue weighted by atomic mass is 10.0. The monoisotopic (exact) mass is 278 g/mol. The van der Waals surface area contributed by atoms with Gasteiger partial charge < -0.3 is 20.5 Å². The maximum Gasteiger partial charge on any atom is 0.227 e. The highest BCUT2D eigenvalue weighted by Gasteiger charge is 2.29. The number of benzene rings is 1. The molecule has 1 saturated heterocycles. The highest BCUT2D eigenvalue weighted by molar-refractivity contribution is 5.79. The van der Waals surface area contributed by atoms with E-state index in [9.17, 15) is 4.79 Å². The molecule has 0 saturated carbocycles. The lowest BCUT2D eigenvalue weighted by Gasteiger charge is -2.37. The second kappa shape index (κ2) is 6.83. The van der Waals surface area contributed by atoms with E-state index in [-0.39, 0.29) is 24.7 Å². The minimum absolute atomic E-state index is 0.0374. The van der Waals surface area contributed by atoms with E-state index in [1.165, 1.54) is 0 Å². The zero-order valence-corrected chi connectivity index (χ0v) is 11.8. The number of hydrogen-bond donors (Lipinski definition) is 2. The number of morpholine rings is 1. The van der Waals surface area contributed by atoms with Crippen LogP contribution in [0.3, 0.4) is 0 Å². The smallest absolute Gasteiger partial charge is 0.227 e. The predicted molar refractivity (Wildman–Crippen MR) is 76.0 cm³/mol. The number of ether oxygens (including phenoxy) is 1. The molecule has 2 unspecified atom stereocenters. The first-order valence-electron chi connectivity index (χ1n) is 6.94. The summed E-state index contributed by atoms with van der Waals surface area (Å²) in [5.74, 6) is 0.0557. The van der Waals surface area contributed by atoms with Crippen molar-refractivity contribution in [2.75, 3.05) is 19.8 Å². The van der Waals surface area contributed by atoms with Gasteiger partial charge in [0.1, 0.15) is 0 Å². The molecular formula is C15H22N2O3. The third-order valence-corrected chi connectivity index (χ3v) is 3.71. The van der Waals surface area contributed by atoms with Gasteiger partial charge in [-0.2, -0.15) is 0 Å². The molecule has 1 aliphatic heterocycles. The normalized spacial score (nSPS) is 22.9. The first-order chi connectivity index (χ1) is 9.65. The van der Waals surface area contributed by atoms with Gasteiger partial charge in [0.2, 0.25) is 5.91 Å². The number of aliphatic hydroxyl groups is 1. The summed E-state index contributed by atoms with van der Waals surface area (Å²) in [6.07, 6.45) is 0.0652. The van der Waals surface area contributed by atoms with Crippen LogP contribution in [0, 0.1) is 0 Å². The summed E-state index contributed by atoms with van der Waals surface area (Å²) >= 11 is 0. The Bertz CT molecular complexity index is 464. The number of aliphatic hydroxyl groups excluding tert-OH is 1. The van der Waals surface area contributed by atoms with Crippen LogP contribution < -0.4 is 5.73 Å². The number of amides is 1. The first-order valence-corrected chi connectivity index (χ1v) is 6.94. The third kappa shape index (κ3) is 3.36. The van der Waals surface area contributed by atoms with Gasteiger partial charge in [0.25, 0.3) is 0 Å². The molecule has 0 radical (unpaired) electrons. The molecule has 20 heavy (non-hydrogen) atoms.